The number of halogens is 1. The van der Waals surface area contributed by atoms with Crippen molar-refractivity contribution in [3.8, 4) is 0 Å². The molecule has 0 amide bonds. The van der Waals surface area contributed by atoms with Crippen LogP contribution in [-0.2, 0) is 26.2 Å². The summed E-state index contributed by atoms with van der Waals surface area (Å²) >= 11 is 0. The molecule has 31 heavy (non-hydrogen) atoms. The lowest BCUT2D eigenvalue weighted by atomic mass is 10.1. The first-order chi connectivity index (χ1) is 14.7. The third-order valence-corrected chi connectivity index (χ3v) is 10.4. The highest BCUT2D eigenvalue weighted by Crippen LogP contribution is 2.30. The SMILES string of the molecule is Cc1cc(S(=O)(=O)[C@@H]2CS(=O)(=O)C[C@H]2N2CCN(Cc3ccccc3)CC2)ccc1F. The van der Waals surface area contributed by atoms with Gasteiger partial charge in [0.25, 0.3) is 0 Å². The highest BCUT2D eigenvalue weighted by atomic mass is 32.2. The first-order valence-electron chi connectivity index (χ1n) is 10.4. The Kier molecular flexibility index (Phi) is 6.22. The van der Waals surface area contributed by atoms with Gasteiger partial charge in [-0.05, 0) is 36.2 Å². The van der Waals surface area contributed by atoms with Gasteiger partial charge in [0.1, 0.15) is 5.82 Å². The van der Waals surface area contributed by atoms with Crippen molar-refractivity contribution in [2.45, 2.75) is 29.7 Å². The molecule has 0 saturated carbocycles. The standard InChI is InChI=1S/C22H27FN2O4S2/c1-17-13-19(7-8-20(17)23)31(28,29)22-16-30(26,27)15-21(22)25-11-9-24(10-12-25)14-18-5-3-2-4-6-18/h2-8,13,21-22H,9-12,14-16H2,1H3/t21-,22-/m1/s1. The molecule has 0 aromatic heterocycles. The fourth-order valence-electron chi connectivity index (χ4n) is 4.50. The van der Waals surface area contributed by atoms with Crippen LogP contribution in [0.4, 0.5) is 4.39 Å². The summed E-state index contributed by atoms with van der Waals surface area (Å²) in [5.41, 5.74) is 1.44. The van der Waals surface area contributed by atoms with E-state index in [0.29, 0.717) is 13.1 Å². The molecule has 2 fully saturated rings. The predicted octanol–water partition coefficient (Wildman–Crippen LogP) is 1.89. The van der Waals surface area contributed by atoms with E-state index < -0.39 is 36.8 Å². The molecule has 2 aliphatic rings. The third-order valence-electron chi connectivity index (χ3n) is 6.25. The van der Waals surface area contributed by atoms with Crippen LogP contribution in [0.15, 0.2) is 53.4 Å². The topological polar surface area (TPSA) is 74.8 Å². The van der Waals surface area contributed by atoms with E-state index in [2.05, 4.69) is 17.0 Å². The summed E-state index contributed by atoms with van der Waals surface area (Å²) in [7, 11) is -7.38. The summed E-state index contributed by atoms with van der Waals surface area (Å²) in [5, 5.41) is -1.04. The summed E-state index contributed by atoms with van der Waals surface area (Å²) < 4.78 is 65.2. The molecule has 0 unspecified atom stereocenters. The lowest BCUT2D eigenvalue weighted by Crippen LogP contribution is -2.54. The number of hydrogen-bond acceptors (Lipinski definition) is 6. The molecule has 0 spiro atoms. The Balaban J connectivity index is 1.51. The zero-order valence-corrected chi connectivity index (χ0v) is 19.1. The van der Waals surface area contributed by atoms with Crippen LogP contribution in [0.25, 0.3) is 0 Å². The first kappa shape index (κ1) is 22.4. The highest BCUT2D eigenvalue weighted by Gasteiger charge is 2.48. The number of rotatable bonds is 5. The lowest BCUT2D eigenvalue weighted by Gasteiger charge is -2.39. The van der Waals surface area contributed by atoms with Crippen LogP contribution in [0.3, 0.4) is 0 Å². The average molecular weight is 467 g/mol. The molecule has 0 N–H and O–H groups in total. The Morgan fingerprint density at radius 3 is 2.32 bits per heavy atom. The van der Waals surface area contributed by atoms with Gasteiger partial charge in [0.2, 0.25) is 0 Å². The number of aryl methyl sites for hydroxylation is 1. The number of piperazine rings is 1. The van der Waals surface area contributed by atoms with E-state index in [1.54, 1.807) is 0 Å². The highest BCUT2D eigenvalue weighted by molar-refractivity contribution is 7.96. The largest absolute Gasteiger partial charge is 0.297 e. The molecule has 0 bridgehead atoms. The summed E-state index contributed by atoms with van der Waals surface area (Å²) in [6.07, 6.45) is 0. The molecule has 6 nitrogen and oxygen atoms in total. The smallest absolute Gasteiger partial charge is 0.183 e. The van der Waals surface area contributed by atoms with Crippen LogP contribution in [0.2, 0.25) is 0 Å². The minimum atomic E-state index is -3.91. The fraction of sp³-hybridized carbons (Fsp3) is 0.455. The number of hydrogen-bond donors (Lipinski definition) is 0. The molecular formula is C22H27FN2O4S2. The maximum absolute atomic E-state index is 13.6. The number of benzene rings is 2. The molecule has 2 heterocycles. The van der Waals surface area contributed by atoms with E-state index >= 15 is 0 Å². The van der Waals surface area contributed by atoms with Crippen LogP contribution in [0, 0.1) is 12.7 Å². The summed E-state index contributed by atoms with van der Waals surface area (Å²) in [6.45, 7) is 5.03. The molecule has 168 valence electrons. The zero-order chi connectivity index (χ0) is 22.2. The molecular weight excluding hydrogens is 439 g/mol. The van der Waals surface area contributed by atoms with Crippen LogP contribution in [0.5, 0.6) is 0 Å². The molecule has 4 rings (SSSR count). The second kappa shape index (κ2) is 8.61. The van der Waals surface area contributed by atoms with Crippen LogP contribution >= 0.6 is 0 Å². The van der Waals surface area contributed by atoms with Crippen molar-refractivity contribution in [2.24, 2.45) is 0 Å². The molecule has 2 saturated heterocycles. The molecule has 2 atom stereocenters. The molecule has 2 aromatic rings. The second-order valence-corrected chi connectivity index (χ2v) is 12.8. The van der Waals surface area contributed by atoms with Crippen LogP contribution < -0.4 is 0 Å². The Labute approximate surface area is 183 Å². The average Bonchev–Trinajstić information content (AvgIpc) is 3.07. The Morgan fingerprint density at radius 1 is 1.00 bits per heavy atom. The Morgan fingerprint density at radius 2 is 1.68 bits per heavy atom. The van der Waals surface area contributed by atoms with Crippen molar-refractivity contribution in [3.63, 3.8) is 0 Å². The zero-order valence-electron chi connectivity index (χ0n) is 17.4. The maximum atomic E-state index is 13.6. The van der Waals surface area contributed by atoms with Crippen molar-refractivity contribution < 1.29 is 21.2 Å². The minimum absolute atomic E-state index is 0.0128. The maximum Gasteiger partial charge on any atom is 0.183 e. The van der Waals surface area contributed by atoms with Gasteiger partial charge in [-0.15, -0.1) is 0 Å². The van der Waals surface area contributed by atoms with Crippen molar-refractivity contribution in [3.05, 3.63) is 65.5 Å². The van der Waals surface area contributed by atoms with Crippen molar-refractivity contribution in [1.29, 1.82) is 0 Å². The molecule has 0 aliphatic carbocycles. The monoisotopic (exact) mass is 466 g/mol. The van der Waals surface area contributed by atoms with Gasteiger partial charge < -0.3 is 0 Å². The quantitative estimate of drug-likeness (QED) is 0.627. The van der Waals surface area contributed by atoms with Crippen molar-refractivity contribution >= 4 is 19.7 Å². The second-order valence-electron chi connectivity index (χ2n) is 8.44. The predicted molar refractivity (Wildman–Crippen MR) is 118 cm³/mol. The van der Waals surface area contributed by atoms with E-state index in [9.17, 15) is 21.2 Å². The lowest BCUT2D eigenvalue weighted by molar-refractivity contribution is 0.101. The van der Waals surface area contributed by atoms with Gasteiger partial charge in [0, 0.05) is 38.8 Å². The van der Waals surface area contributed by atoms with E-state index in [-0.39, 0.29) is 22.0 Å². The van der Waals surface area contributed by atoms with Gasteiger partial charge >= 0.3 is 0 Å². The van der Waals surface area contributed by atoms with E-state index in [1.807, 2.05) is 23.1 Å². The summed E-state index contributed by atoms with van der Waals surface area (Å²) in [6, 6.07) is 13.2. The normalized spacial score (nSPS) is 25.0. The molecule has 2 aromatic carbocycles. The van der Waals surface area contributed by atoms with E-state index in [1.165, 1.54) is 24.6 Å². The van der Waals surface area contributed by atoms with Crippen molar-refractivity contribution in [2.75, 3.05) is 37.7 Å². The van der Waals surface area contributed by atoms with Gasteiger partial charge in [0.05, 0.1) is 21.7 Å². The minimum Gasteiger partial charge on any atom is -0.297 e. The summed E-state index contributed by atoms with van der Waals surface area (Å²) in [5.74, 6) is -1.03. The van der Waals surface area contributed by atoms with Gasteiger partial charge in [0.15, 0.2) is 19.7 Å². The van der Waals surface area contributed by atoms with E-state index in [4.69, 9.17) is 0 Å². The molecule has 9 heteroatoms. The Hall–Kier alpha value is -1.81. The fourth-order valence-corrected chi connectivity index (χ4v) is 9.41. The van der Waals surface area contributed by atoms with Crippen LogP contribution in [-0.4, -0.2) is 75.6 Å². The van der Waals surface area contributed by atoms with Gasteiger partial charge in [-0.25, -0.2) is 21.2 Å². The molecule has 2 aliphatic heterocycles. The first-order valence-corrected chi connectivity index (χ1v) is 13.7. The van der Waals surface area contributed by atoms with Gasteiger partial charge in [-0.2, -0.15) is 0 Å². The Bertz CT molecular complexity index is 1150. The van der Waals surface area contributed by atoms with Gasteiger partial charge in [-0.1, -0.05) is 30.3 Å². The number of sulfone groups is 2. The molecule has 0 radical (unpaired) electrons. The van der Waals surface area contributed by atoms with E-state index in [0.717, 1.165) is 25.7 Å². The van der Waals surface area contributed by atoms with Gasteiger partial charge in [-0.3, -0.25) is 9.80 Å². The summed E-state index contributed by atoms with van der Waals surface area (Å²) in [4.78, 5) is 4.29. The van der Waals surface area contributed by atoms with Crippen LogP contribution in [0.1, 0.15) is 11.1 Å². The van der Waals surface area contributed by atoms with Crippen molar-refractivity contribution in [1.82, 2.24) is 9.80 Å². The number of nitrogens with zero attached hydrogens (tertiary/aromatic N) is 2. The third kappa shape index (κ3) is 4.84.